The van der Waals surface area contributed by atoms with Crippen LogP contribution in [-0.4, -0.2) is 28.7 Å². The molecule has 0 atom stereocenters. The van der Waals surface area contributed by atoms with E-state index >= 15 is 0 Å². The monoisotopic (exact) mass is 150 g/mol. The van der Waals surface area contributed by atoms with Crippen LogP contribution >= 0.6 is 0 Å². The summed E-state index contributed by atoms with van der Waals surface area (Å²) in [5.74, 6) is 0.970. The number of amidine groups is 1. The van der Waals surface area contributed by atoms with Gasteiger partial charge in [-0.3, -0.25) is 9.67 Å². The van der Waals surface area contributed by atoms with Crippen molar-refractivity contribution in [2.45, 2.75) is 0 Å². The second-order valence-electron chi connectivity index (χ2n) is 2.56. The van der Waals surface area contributed by atoms with Crippen LogP contribution in [0.15, 0.2) is 17.4 Å². The van der Waals surface area contributed by atoms with Crippen LogP contribution in [0.25, 0.3) is 0 Å². The van der Waals surface area contributed by atoms with Crippen LogP contribution in [0.1, 0.15) is 5.56 Å². The molecule has 11 heavy (non-hydrogen) atoms. The highest BCUT2D eigenvalue weighted by atomic mass is 15.2. The van der Waals surface area contributed by atoms with Crippen molar-refractivity contribution in [2.24, 2.45) is 12.0 Å². The number of aromatic nitrogens is 2. The Hall–Kier alpha value is -1.32. The number of hydrogen-bond donors (Lipinski definition) is 1. The first-order chi connectivity index (χ1) is 5.36. The molecule has 0 amide bonds. The Kier molecular flexibility index (Phi) is 1.38. The SMILES string of the molecule is Cn1cc(C2=NCCN2)cn1. The van der Waals surface area contributed by atoms with E-state index in [0.29, 0.717) is 0 Å². The summed E-state index contributed by atoms with van der Waals surface area (Å²) in [5, 5.41) is 7.24. The highest BCUT2D eigenvalue weighted by Crippen LogP contribution is 1.99. The molecule has 1 aliphatic rings. The highest BCUT2D eigenvalue weighted by Gasteiger charge is 2.08. The molecule has 0 spiro atoms. The van der Waals surface area contributed by atoms with Gasteiger partial charge in [0.2, 0.25) is 0 Å². The van der Waals surface area contributed by atoms with Crippen molar-refractivity contribution in [3.8, 4) is 0 Å². The average molecular weight is 150 g/mol. The molecule has 1 N–H and O–H groups in total. The number of aryl methyl sites for hydroxylation is 1. The van der Waals surface area contributed by atoms with Gasteiger partial charge in [-0.1, -0.05) is 0 Å². The van der Waals surface area contributed by atoms with Crippen LogP contribution in [0, 0.1) is 0 Å². The number of rotatable bonds is 1. The third kappa shape index (κ3) is 1.11. The summed E-state index contributed by atoms with van der Waals surface area (Å²) in [7, 11) is 1.90. The molecular weight excluding hydrogens is 140 g/mol. The second kappa shape index (κ2) is 2.38. The molecule has 0 bridgehead atoms. The fourth-order valence-corrected chi connectivity index (χ4v) is 1.13. The van der Waals surface area contributed by atoms with Gasteiger partial charge >= 0.3 is 0 Å². The standard InChI is InChI=1S/C7H10N4/c1-11-5-6(4-10-11)7-8-2-3-9-7/h4-5H,2-3H2,1H3,(H,8,9). The summed E-state index contributed by atoms with van der Waals surface area (Å²) in [6.07, 6.45) is 3.77. The van der Waals surface area contributed by atoms with E-state index in [1.165, 1.54) is 0 Å². The second-order valence-corrected chi connectivity index (χ2v) is 2.56. The van der Waals surface area contributed by atoms with Gasteiger partial charge in [0, 0.05) is 19.8 Å². The van der Waals surface area contributed by atoms with E-state index in [0.717, 1.165) is 24.5 Å². The van der Waals surface area contributed by atoms with Crippen molar-refractivity contribution < 1.29 is 0 Å². The third-order valence-electron chi connectivity index (χ3n) is 1.65. The zero-order valence-corrected chi connectivity index (χ0v) is 6.41. The minimum absolute atomic E-state index is 0.879. The molecular formula is C7H10N4. The molecule has 2 rings (SSSR count). The van der Waals surface area contributed by atoms with Crippen molar-refractivity contribution in [3.63, 3.8) is 0 Å². The summed E-state index contributed by atoms with van der Waals surface area (Å²) in [4.78, 5) is 4.27. The van der Waals surface area contributed by atoms with Gasteiger partial charge in [0.1, 0.15) is 5.84 Å². The number of aliphatic imine (C=N–C) groups is 1. The van der Waals surface area contributed by atoms with Crippen LogP contribution < -0.4 is 5.32 Å². The molecule has 0 aliphatic carbocycles. The molecule has 4 heteroatoms. The van der Waals surface area contributed by atoms with Crippen LogP contribution in [-0.2, 0) is 7.05 Å². The summed E-state index contributed by atoms with van der Waals surface area (Å²) >= 11 is 0. The van der Waals surface area contributed by atoms with Gasteiger partial charge in [-0.2, -0.15) is 5.10 Å². The topological polar surface area (TPSA) is 42.2 Å². The van der Waals surface area contributed by atoms with Gasteiger partial charge in [0.25, 0.3) is 0 Å². The Morgan fingerprint density at radius 2 is 2.55 bits per heavy atom. The van der Waals surface area contributed by atoms with Crippen LogP contribution in [0.4, 0.5) is 0 Å². The lowest BCUT2D eigenvalue weighted by molar-refractivity contribution is 0.767. The van der Waals surface area contributed by atoms with Crippen molar-refractivity contribution in [1.82, 2.24) is 15.1 Å². The van der Waals surface area contributed by atoms with E-state index in [2.05, 4.69) is 15.4 Å². The minimum Gasteiger partial charge on any atom is -0.368 e. The Morgan fingerprint density at radius 3 is 3.09 bits per heavy atom. The van der Waals surface area contributed by atoms with Gasteiger partial charge in [-0.05, 0) is 0 Å². The number of hydrogen-bond acceptors (Lipinski definition) is 3. The number of nitrogens with zero attached hydrogens (tertiary/aromatic N) is 3. The quantitative estimate of drug-likeness (QED) is 0.601. The number of nitrogens with one attached hydrogen (secondary N) is 1. The highest BCUT2D eigenvalue weighted by molar-refractivity contribution is 5.99. The van der Waals surface area contributed by atoms with Gasteiger partial charge < -0.3 is 5.32 Å². The molecule has 0 radical (unpaired) electrons. The Bertz CT molecular complexity index is 286. The van der Waals surface area contributed by atoms with Crippen LogP contribution in [0.5, 0.6) is 0 Å². The fraction of sp³-hybridized carbons (Fsp3) is 0.429. The van der Waals surface area contributed by atoms with Gasteiger partial charge in [0.05, 0.1) is 18.3 Å². The van der Waals surface area contributed by atoms with Crippen LogP contribution in [0.2, 0.25) is 0 Å². The van der Waals surface area contributed by atoms with E-state index in [1.54, 1.807) is 4.68 Å². The van der Waals surface area contributed by atoms with E-state index < -0.39 is 0 Å². The molecule has 2 heterocycles. The first-order valence-electron chi connectivity index (χ1n) is 3.63. The van der Waals surface area contributed by atoms with Crippen molar-refractivity contribution >= 4 is 5.84 Å². The summed E-state index contributed by atoms with van der Waals surface area (Å²) in [5.41, 5.74) is 1.07. The smallest absolute Gasteiger partial charge is 0.131 e. The van der Waals surface area contributed by atoms with E-state index in [1.807, 2.05) is 19.4 Å². The zero-order valence-electron chi connectivity index (χ0n) is 6.41. The predicted octanol–water partition coefficient (Wildman–Crippen LogP) is -0.230. The minimum atomic E-state index is 0.879. The summed E-state index contributed by atoms with van der Waals surface area (Å²) < 4.78 is 1.78. The maximum atomic E-state index is 4.27. The Balaban J connectivity index is 2.28. The van der Waals surface area contributed by atoms with Crippen molar-refractivity contribution in [2.75, 3.05) is 13.1 Å². The molecule has 0 saturated carbocycles. The Labute approximate surface area is 64.9 Å². The lowest BCUT2D eigenvalue weighted by atomic mass is 10.3. The van der Waals surface area contributed by atoms with Crippen molar-refractivity contribution in [1.29, 1.82) is 0 Å². The molecule has 4 nitrogen and oxygen atoms in total. The van der Waals surface area contributed by atoms with Gasteiger partial charge in [-0.25, -0.2) is 0 Å². The molecule has 1 aromatic heterocycles. The first-order valence-corrected chi connectivity index (χ1v) is 3.63. The largest absolute Gasteiger partial charge is 0.368 e. The van der Waals surface area contributed by atoms with E-state index in [9.17, 15) is 0 Å². The maximum Gasteiger partial charge on any atom is 0.131 e. The van der Waals surface area contributed by atoms with Gasteiger partial charge in [0.15, 0.2) is 0 Å². The fourth-order valence-electron chi connectivity index (χ4n) is 1.13. The van der Waals surface area contributed by atoms with Gasteiger partial charge in [-0.15, -0.1) is 0 Å². The maximum absolute atomic E-state index is 4.27. The molecule has 1 aromatic rings. The molecule has 1 aliphatic heterocycles. The van der Waals surface area contributed by atoms with Crippen molar-refractivity contribution in [3.05, 3.63) is 18.0 Å². The molecule has 58 valence electrons. The van der Waals surface area contributed by atoms with Crippen LogP contribution in [0.3, 0.4) is 0 Å². The lowest BCUT2D eigenvalue weighted by Crippen LogP contribution is -2.18. The average Bonchev–Trinajstić information content (AvgIpc) is 2.55. The first kappa shape index (κ1) is 6.39. The molecule has 0 unspecified atom stereocenters. The third-order valence-corrected chi connectivity index (χ3v) is 1.65. The molecule has 0 saturated heterocycles. The summed E-state index contributed by atoms with van der Waals surface area (Å²) in [6.45, 7) is 1.83. The molecule has 0 aromatic carbocycles. The van der Waals surface area contributed by atoms with E-state index in [-0.39, 0.29) is 0 Å². The summed E-state index contributed by atoms with van der Waals surface area (Å²) in [6, 6.07) is 0. The Morgan fingerprint density at radius 1 is 1.64 bits per heavy atom. The zero-order chi connectivity index (χ0) is 7.68. The van der Waals surface area contributed by atoms with E-state index in [4.69, 9.17) is 0 Å². The molecule has 0 fully saturated rings. The lowest BCUT2D eigenvalue weighted by Gasteiger charge is -1.94. The normalized spacial score (nSPS) is 16.3. The predicted molar refractivity (Wildman–Crippen MR) is 42.6 cm³/mol.